The molecule has 2 aromatic heterocycles. The monoisotopic (exact) mass is 388 g/mol. The second-order valence-corrected chi connectivity index (χ2v) is 8.27. The van der Waals surface area contributed by atoms with Gasteiger partial charge in [-0.3, -0.25) is 9.78 Å². The Labute approximate surface area is 158 Å². The van der Waals surface area contributed by atoms with Crippen LogP contribution in [-0.2, 0) is 17.8 Å². The highest BCUT2D eigenvalue weighted by Gasteiger charge is 2.30. The number of nitrogens with one attached hydrogen (secondary N) is 2. The molecule has 0 saturated carbocycles. The van der Waals surface area contributed by atoms with Crippen LogP contribution in [0.4, 0.5) is 5.95 Å². The van der Waals surface area contributed by atoms with Crippen LogP contribution in [0.5, 0.6) is 0 Å². The topological polar surface area (TPSA) is 79.4 Å². The SMILES string of the molecule is CC1(C)Cc2c(sc3nc(N/N=C/c4ccc(Cl)cc4)[nH]c(=O)c23)CO1. The Bertz CT molecular complexity index is 1050. The average Bonchev–Trinajstić information content (AvgIpc) is 2.93. The third kappa shape index (κ3) is 3.38. The first kappa shape index (κ1) is 17.2. The van der Waals surface area contributed by atoms with Crippen LogP contribution >= 0.6 is 22.9 Å². The van der Waals surface area contributed by atoms with Crippen molar-refractivity contribution in [1.82, 2.24) is 9.97 Å². The summed E-state index contributed by atoms with van der Waals surface area (Å²) in [6.45, 7) is 4.57. The summed E-state index contributed by atoms with van der Waals surface area (Å²) in [5.74, 6) is 0.312. The molecule has 134 valence electrons. The van der Waals surface area contributed by atoms with Crippen molar-refractivity contribution in [2.75, 3.05) is 5.43 Å². The van der Waals surface area contributed by atoms with Gasteiger partial charge in [-0.1, -0.05) is 23.7 Å². The smallest absolute Gasteiger partial charge is 0.261 e. The summed E-state index contributed by atoms with van der Waals surface area (Å²) in [5.41, 5.74) is 4.29. The van der Waals surface area contributed by atoms with Crippen molar-refractivity contribution in [3.05, 3.63) is 55.6 Å². The van der Waals surface area contributed by atoms with Gasteiger partial charge in [0, 0.05) is 16.3 Å². The highest BCUT2D eigenvalue weighted by molar-refractivity contribution is 7.18. The lowest BCUT2D eigenvalue weighted by Gasteiger charge is -2.29. The molecule has 0 fully saturated rings. The first-order valence-electron chi connectivity index (χ1n) is 8.14. The van der Waals surface area contributed by atoms with Gasteiger partial charge in [-0.2, -0.15) is 5.10 Å². The van der Waals surface area contributed by atoms with E-state index in [-0.39, 0.29) is 11.2 Å². The normalized spacial score (nSPS) is 16.1. The van der Waals surface area contributed by atoms with Gasteiger partial charge < -0.3 is 4.74 Å². The number of hydrazone groups is 1. The van der Waals surface area contributed by atoms with Crippen molar-refractivity contribution in [1.29, 1.82) is 0 Å². The van der Waals surface area contributed by atoms with E-state index in [0.717, 1.165) is 16.0 Å². The summed E-state index contributed by atoms with van der Waals surface area (Å²) in [6.07, 6.45) is 2.34. The second-order valence-electron chi connectivity index (χ2n) is 6.75. The summed E-state index contributed by atoms with van der Waals surface area (Å²) < 4.78 is 5.84. The number of hydrogen-bond acceptors (Lipinski definition) is 6. The van der Waals surface area contributed by atoms with E-state index in [1.807, 2.05) is 26.0 Å². The molecule has 0 spiro atoms. The number of aromatic nitrogens is 2. The van der Waals surface area contributed by atoms with Crippen LogP contribution in [0.2, 0.25) is 5.02 Å². The molecule has 0 radical (unpaired) electrons. The Morgan fingerprint density at radius 2 is 2.15 bits per heavy atom. The zero-order valence-corrected chi connectivity index (χ0v) is 15.9. The van der Waals surface area contributed by atoms with Gasteiger partial charge in [0.2, 0.25) is 5.95 Å². The molecular weight excluding hydrogens is 372 g/mol. The number of ether oxygens (including phenoxy) is 1. The molecule has 8 heteroatoms. The average molecular weight is 389 g/mol. The number of anilines is 1. The standard InChI is InChI=1S/C18H17ClN4O2S/c1-18(2)7-12-13(9-25-18)26-16-14(12)15(24)21-17(22-16)23-20-8-10-3-5-11(19)6-4-10/h3-6,8H,7,9H2,1-2H3,(H2,21,22,23,24)/b20-8+. The molecule has 0 amide bonds. The molecule has 3 heterocycles. The Hall–Kier alpha value is -2.22. The van der Waals surface area contributed by atoms with Crippen LogP contribution in [-0.4, -0.2) is 21.8 Å². The number of rotatable bonds is 3. The number of hydrogen-bond donors (Lipinski definition) is 2. The lowest BCUT2D eigenvalue weighted by Crippen LogP contribution is -2.31. The highest BCUT2D eigenvalue weighted by atomic mass is 35.5. The van der Waals surface area contributed by atoms with Gasteiger partial charge in [0.05, 0.1) is 23.8 Å². The van der Waals surface area contributed by atoms with E-state index < -0.39 is 0 Å². The molecule has 0 saturated heterocycles. The Balaban J connectivity index is 1.62. The summed E-state index contributed by atoms with van der Waals surface area (Å²) in [5, 5.41) is 5.45. The Morgan fingerprint density at radius 3 is 2.92 bits per heavy atom. The molecule has 3 aromatic rings. The van der Waals surface area contributed by atoms with Crippen LogP contribution in [0.3, 0.4) is 0 Å². The van der Waals surface area contributed by atoms with E-state index >= 15 is 0 Å². The van der Waals surface area contributed by atoms with Gasteiger partial charge in [-0.15, -0.1) is 11.3 Å². The molecule has 1 aromatic carbocycles. The number of aromatic amines is 1. The molecule has 0 unspecified atom stereocenters. The second kappa shape index (κ2) is 6.50. The fraction of sp³-hybridized carbons (Fsp3) is 0.278. The van der Waals surface area contributed by atoms with Crippen LogP contribution in [0, 0.1) is 0 Å². The van der Waals surface area contributed by atoms with Gasteiger partial charge in [0.15, 0.2) is 0 Å². The van der Waals surface area contributed by atoms with E-state index in [1.54, 1.807) is 18.3 Å². The molecule has 0 bridgehead atoms. The maximum Gasteiger partial charge on any atom is 0.261 e. The maximum absolute atomic E-state index is 12.6. The number of fused-ring (bicyclic) bond motifs is 3. The van der Waals surface area contributed by atoms with Gasteiger partial charge in [0.25, 0.3) is 5.56 Å². The summed E-state index contributed by atoms with van der Waals surface area (Å²) >= 11 is 7.36. The third-order valence-corrected chi connectivity index (χ3v) is 5.55. The summed E-state index contributed by atoms with van der Waals surface area (Å²) in [7, 11) is 0. The van der Waals surface area contributed by atoms with Gasteiger partial charge in [-0.05, 0) is 37.1 Å². The number of nitrogens with zero attached hydrogens (tertiary/aromatic N) is 2. The largest absolute Gasteiger partial charge is 0.370 e. The molecule has 1 aliphatic rings. The Kier molecular flexibility index (Phi) is 4.30. The van der Waals surface area contributed by atoms with E-state index in [2.05, 4.69) is 20.5 Å². The van der Waals surface area contributed by atoms with Crippen LogP contribution < -0.4 is 11.0 Å². The number of benzene rings is 1. The van der Waals surface area contributed by atoms with Crippen molar-refractivity contribution in [3.63, 3.8) is 0 Å². The predicted octanol–water partition coefficient (Wildman–Crippen LogP) is 3.94. The molecule has 0 atom stereocenters. The third-order valence-electron chi connectivity index (χ3n) is 4.20. The lowest BCUT2D eigenvalue weighted by atomic mass is 9.94. The van der Waals surface area contributed by atoms with Gasteiger partial charge in [0.1, 0.15) is 4.83 Å². The molecule has 6 nitrogen and oxygen atoms in total. The van der Waals surface area contributed by atoms with Crippen molar-refractivity contribution in [2.24, 2.45) is 5.10 Å². The van der Waals surface area contributed by atoms with Crippen molar-refractivity contribution >= 4 is 45.3 Å². The number of H-pyrrole nitrogens is 1. The fourth-order valence-corrected chi connectivity index (χ4v) is 4.15. The van der Waals surface area contributed by atoms with Crippen molar-refractivity contribution in [3.8, 4) is 0 Å². The molecule has 1 aliphatic heterocycles. The van der Waals surface area contributed by atoms with E-state index in [9.17, 15) is 4.79 Å². The molecule has 4 rings (SSSR count). The van der Waals surface area contributed by atoms with E-state index in [4.69, 9.17) is 16.3 Å². The summed E-state index contributed by atoms with van der Waals surface area (Å²) in [6, 6.07) is 7.27. The van der Waals surface area contributed by atoms with Crippen LogP contribution in [0.15, 0.2) is 34.2 Å². The van der Waals surface area contributed by atoms with Gasteiger partial charge in [-0.25, -0.2) is 10.4 Å². The first-order chi connectivity index (χ1) is 12.4. The van der Waals surface area contributed by atoms with Gasteiger partial charge >= 0.3 is 0 Å². The lowest BCUT2D eigenvalue weighted by molar-refractivity contribution is -0.0379. The zero-order valence-electron chi connectivity index (χ0n) is 14.3. The number of halogens is 1. The highest BCUT2D eigenvalue weighted by Crippen LogP contribution is 2.36. The van der Waals surface area contributed by atoms with Crippen LogP contribution in [0.25, 0.3) is 10.2 Å². The minimum atomic E-state index is -0.271. The predicted molar refractivity (Wildman–Crippen MR) is 105 cm³/mol. The minimum absolute atomic E-state index is 0.158. The Morgan fingerprint density at radius 1 is 1.38 bits per heavy atom. The first-order valence-corrected chi connectivity index (χ1v) is 9.34. The van der Waals surface area contributed by atoms with E-state index in [0.29, 0.717) is 34.2 Å². The van der Waals surface area contributed by atoms with Crippen molar-refractivity contribution < 1.29 is 4.74 Å². The molecule has 0 aliphatic carbocycles. The molecule has 26 heavy (non-hydrogen) atoms. The molecular formula is C18H17ClN4O2S. The number of thiophene rings is 1. The van der Waals surface area contributed by atoms with Crippen molar-refractivity contribution in [2.45, 2.75) is 32.5 Å². The zero-order chi connectivity index (χ0) is 18.3. The molecule has 2 N–H and O–H groups in total. The maximum atomic E-state index is 12.6. The van der Waals surface area contributed by atoms with Crippen LogP contribution in [0.1, 0.15) is 29.9 Å². The fourth-order valence-electron chi connectivity index (χ4n) is 2.92. The summed E-state index contributed by atoms with van der Waals surface area (Å²) in [4.78, 5) is 21.6. The quantitative estimate of drug-likeness (QED) is 0.526. The minimum Gasteiger partial charge on any atom is -0.370 e. The van der Waals surface area contributed by atoms with E-state index in [1.165, 1.54) is 11.3 Å².